The molecule has 1 aromatic rings. The van der Waals surface area contributed by atoms with Gasteiger partial charge in [0.15, 0.2) is 0 Å². The van der Waals surface area contributed by atoms with Gasteiger partial charge in [0.1, 0.15) is 0 Å². The first kappa shape index (κ1) is 14.5. The minimum absolute atomic E-state index is 0.0336. The summed E-state index contributed by atoms with van der Waals surface area (Å²) >= 11 is 0. The Bertz CT molecular complexity index is 416. The van der Waals surface area contributed by atoms with Gasteiger partial charge in [-0.15, -0.1) is 0 Å². The van der Waals surface area contributed by atoms with Gasteiger partial charge < -0.3 is 9.84 Å². The fraction of sp³-hybridized carbons (Fsp3) is 0.571. The van der Waals surface area contributed by atoms with Crippen molar-refractivity contribution in [1.82, 2.24) is 4.98 Å². The first-order valence-corrected chi connectivity index (χ1v) is 6.33. The number of hydrogen-bond acceptors (Lipinski definition) is 3. The van der Waals surface area contributed by atoms with Gasteiger partial charge in [0, 0.05) is 11.8 Å². The molecule has 1 unspecified atom stereocenters. The van der Waals surface area contributed by atoms with Crippen molar-refractivity contribution in [2.45, 2.75) is 46.6 Å². The van der Waals surface area contributed by atoms with Crippen LogP contribution in [0.1, 0.15) is 50.2 Å². The molecule has 0 aliphatic carbocycles. The number of hydrogen-bond donors (Lipinski definition) is 1. The van der Waals surface area contributed by atoms with Gasteiger partial charge in [0.2, 0.25) is 5.88 Å². The Kier molecular flexibility index (Phi) is 5.13. The molecular weight excluding hydrogens is 230 g/mol. The second-order valence-corrected chi connectivity index (χ2v) is 4.90. The molecule has 100 valence electrons. The zero-order chi connectivity index (χ0) is 13.7. The summed E-state index contributed by atoms with van der Waals surface area (Å²) < 4.78 is 5.68. The number of carboxylic acids is 1. The van der Waals surface area contributed by atoms with Crippen molar-refractivity contribution in [2.75, 3.05) is 0 Å². The van der Waals surface area contributed by atoms with Gasteiger partial charge in [-0.25, -0.2) is 9.78 Å². The van der Waals surface area contributed by atoms with E-state index < -0.39 is 5.97 Å². The van der Waals surface area contributed by atoms with Crippen molar-refractivity contribution in [1.29, 1.82) is 0 Å². The van der Waals surface area contributed by atoms with Crippen LogP contribution in [-0.4, -0.2) is 22.2 Å². The maximum Gasteiger partial charge on any atom is 0.335 e. The lowest BCUT2D eigenvalue weighted by Gasteiger charge is -2.16. The zero-order valence-electron chi connectivity index (χ0n) is 11.4. The molecule has 0 saturated carbocycles. The average Bonchev–Trinajstić information content (AvgIpc) is 2.27. The van der Waals surface area contributed by atoms with Gasteiger partial charge in [-0.05, 0) is 31.7 Å². The number of aromatic carboxylic acids is 1. The first-order valence-electron chi connectivity index (χ1n) is 6.33. The van der Waals surface area contributed by atoms with Crippen LogP contribution in [0.25, 0.3) is 0 Å². The summed E-state index contributed by atoms with van der Waals surface area (Å²) in [5.41, 5.74) is 0.968. The summed E-state index contributed by atoms with van der Waals surface area (Å²) in [5.74, 6) is -0.0123. The van der Waals surface area contributed by atoms with Gasteiger partial charge in [-0.2, -0.15) is 0 Å². The molecule has 4 nitrogen and oxygen atoms in total. The smallest absolute Gasteiger partial charge is 0.335 e. The standard InChI is InChI=1S/C14H21NO3/c1-5-12-7-11(14(16)17)8-13(15-12)18-10(4)6-9(2)3/h7-10H,5-6H2,1-4H3,(H,16,17). The molecule has 0 saturated heterocycles. The minimum atomic E-state index is -0.950. The van der Waals surface area contributed by atoms with Gasteiger partial charge in [-0.3, -0.25) is 0 Å². The van der Waals surface area contributed by atoms with E-state index in [1.807, 2.05) is 13.8 Å². The Hall–Kier alpha value is -1.58. The number of aryl methyl sites for hydroxylation is 1. The summed E-state index contributed by atoms with van der Waals surface area (Å²) in [5, 5.41) is 9.03. The monoisotopic (exact) mass is 251 g/mol. The normalized spacial score (nSPS) is 12.5. The Morgan fingerprint density at radius 3 is 2.56 bits per heavy atom. The molecule has 0 fully saturated rings. The van der Waals surface area contributed by atoms with Crippen molar-refractivity contribution in [3.05, 3.63) is 23.4 Å². The molecule has 0 bridgehead atoms. The fourth-order valence-corrected chi connectivity index (χ4v) is 1.84. The van der Waals surface area contributed by atoms with Crippen LogP contribution in [0.4, 0.5) is 0 Å². The number of rotatable bonds is 6. The van der Waals surface area contributed by atoms with Gasteiger partial charge in [0.25, 0.3) is 0 Å². The highest BCUT2D eigenvalue weighted by Gasteiger charge is 2.12. The van der Waals surface area contributed by atoms with Gasteiger partial charge in [0.05, 0.1) is 11.7 Å². The summed E-state index contributed by atoms with van der Waals surface area (Å²) in [7, 11) is 0. The lowest BCUT2D eigenvalue weighted by Crippen LogP contribution is -2.16. The quantitative estimate of drug-likeness (QED) is 0.843. The van der Waals surface area contributed by atoms with E-state index in [1.54, 1.807) is 6.07 Å². The van der Waals surface area contributed by atoms with Crippen LogP contribution in [0.15, 0.2) is 12.1 Å². The molecule has 0 aliphatic heterocycles. The molecule has 1 rings (SSSR count). The zero-order valence-corrected chi connectivity index (χ0v) is 11.4. The van der Waals surface area contributed by atoms with E-state index in [2.05, 4.69) is 18.8 Å². The van der Waals surface area contributed by atoms with Gasteiger partial charge in [-0.1, -0.05) is 20.8 Å². The first-order chi connectivity index (χ1) is 8.42. The van der Waals surface area contributed by atoms with Gasteiger partial charge >= 0.3 is 5.97 Å². The van der Waals surface area contributed by atoms with Crippen LogP contribution >= 0.6 is 0 Å². The maximum atomic E-state index is 11.0. The number of nitrogens with zero attached hydrogens (tertiary/aromatic N) is 1. The van der Waals surface area contributed by atoms with E-state index in [1.165, 1.54) is 6.07 Å². The summed E-state index contributed by atoms with van der Waals surface area (Å²) in [4.78, 5) is 15.3. The molecule has 1 heterocycles. The molecule has 0 amide bonds. The number of aromatic nitrogens is 1. The molecule has 0 aliphatic rings. The third-order valence-corrected chi connectivity index (χ3v) is 2.59. The van der Waals surface area contributed by atoms with E-state index in [9.17, 15) is 4.79 Å². The largest absolute Gasteiger partial charge is 0.478 e. The number of carbonyl (C=O) groups is 1. The lowest BCUT2D eigenvalue weighted by molar-refractivity contribution is 0.0695. The summed E-state index contributed by atoms with van der Waals surface area (Å²) in [6, 6.07) is 3.07. The number of pyridine rings is 1. The lowest BCUT2D eigenvalue weighted by atomic mass is 10.1. The maximum absolute atomic E-state index is 11.0. The Labute approximate surface area is 108 Å². The SMILES string of the molecule is CCc1cc(C(=O)O)cc(OC(C)CC(C)C)n1. The molecule has 4 heteroatoms. The van der Waals surface area contributed by atoms with Crippen molar-refractivity contribution in [3.8, 4) is 5.88 Å². The van der Waals surface area contributed by atoms with Crippen LogP contribution in [0.2, 0.25) is 0 Å². The summed E-state index contributed by atoms with van der Waals surface area (Å²) in [6.45, 7) is 8.16. The third kappa shape index (κ3) is 4.35. The molecular formula is C14H21NO3. The predicted molar refractivity (Wildman–Crippen MR) is 70.1 cm³/mol. The highest BCUT2D eigenvalue weighted by Crippen LogP contribution is 2.17. The summed E-state index contributed by atoms with van der Waals surface area (Å²) in [6.07, 6.45) is 1.64. The van der Waals surface area contributed by atoms with Crippen LogP contribution in [0.5, 0.6) is 5.88 Å². The molecule has 0 spiro atoms. The predicted octanol–water partition coefficient (Wildman–Crippen LogP) is 3.16. The van der Waals surface area contributed by atoms with Crippen molar-refractivity contribution >= 4 is 5.97 Å². The topological polar surface area (TPSA) is 59.4 Å². The Balaban J connectivity index is 2.87. The van der Waals surface area contributed by atoms with E-state index >= 15 is 0 Å². The number of carboxylic acid groups (broad SMARTS) is 1. The molecule has 1 aromatic heterocycles. The molecule has 1 atom stereocenters. The third-order valence-electron chi connectivity index (χ3n) is 2.59. The van der Waals surface area contributed by atoms with E-state index in [0.29, 0.717) is 18.2 Å². The fourth-order valence-electron chi connectivity index (χ4n) is 1.84. The van der Waals surface area contributed by atoms with Crippen molar-refractivity contribution < 1.29 is 14.6 Å². The van der Waals surface area contributed by atoms with Crippen molar-refractivity contribution in [3.63, 3.8) is 0 Å². The van der Waals surface area contributed by atoms with Crippen LogP contribution in [-0.2, 0) is 6.42 Å². The molecule has 1 N–H and O–H groups in total. The molecule has 0 aromatic carbocycles. The highest BCUT2D eigenvalue weighted by molar-refractivity contribution is 5.88. The molecule has 0 radical (unpaired) electrons. The second-order valence-electron chi connectivity index (χ2n) is 4.90. The van der Waals surface area contributed by atoms with Crippen LogP contribution in [0.3, 0.4) is 0 Å². The van der Waals surface area contributed by atoms with E-state index in [4.69, 9.17) is 9.84 Å². The molecule has 18 heavy (non-hydrogen) atoms. The number of ether oxygens (including phenoxy) is 1. The van der Waals surface area contributed by atoms with Crippen LogP contribution < -0.4 is 4.74 Å². The van der Waals surface area contributed by atoms with Crippen LogP contribution in [0, 0.1) is 5.92 Å². The average molecular weight is 251 g/mol. The Morgan fingerprint density at radius 2 is 2.06 bits per heavy atom. The Morgan fingerprint density at radius 1 is 1.39 bits per heavy atom. The minimum Gasteiger partial charge on any atom is -0.478 e. The second kappa shape index (κ2) is 6.38. The van der Waals surface area contributed by atoms with Crippen molar-refractivity contribution in [2.24, 2.45) is 5.92 Å². The highest BCUT2D eigenvalue weighted by atomic mass is 16.5. The van der Waals surface area contributed by atoms with E-state index in [0.717, 1.165) is 12.1 Å². The van der Waals surface area contributed by atoms with E-state index in [-0.39, 0.29) is 11.7 Å².